The number of imidazole rings is 1. The molecule has 0 aliphatic carbocycles. The van der Waals surface area contributed by atoms with E-state index < -0.39 is 21.8 Å². The Kier molecular flexibility index (Phi) is 7.14. The number of halogens is 3. The van der Waals surface area contributed by atoms with Gasteiger partial charge in [-0.05, 0) is 53.1 Å². The number of likely N-dealkylation sites (tertiary alicyclic amines) is 1. The number of H-pyrrole nitrogens is 2. The molecule has 14 heteroatoms. The second-order valence-electron chi connectivity index (χ2n) is 11.3. The van der Waals surface area contributed by atoms with Crippen LogP contribution in [0.5, 0.6) is 0 Å². The van der Waals surface area contributed by atoms with Crippen molar-refractivity contribution in [3.8, 4) is 33.8 Å². The second-order valence-corrected chi connectivity index (χ2v) is 13.2. The fourth-order valence-electron chi connectivity index (χ4n) is 5.67. The molecule has 3 N–H and O–H groups in total. The molecule has 2 aromatic carbocycles. The second kappa shape index (κ2) is 11.1. The zero-order chi connectivity index (χ0) is 31.3. The molecule has 0 spiro atoms. The van der Waals surface area contributed by atoms with E-state index in [4.69, 9.17) is 4.98 Å². The van der Waals surface area contributed by atoms with E-state index in [1.165, 1.54) is 12.1 Å². The number of hydrogen-bond donors (Lipinski definition) is 3. The summed E-state index contributed by atoms with van der Waals surface area (Å²) in [5.41, 5.74) is 6.44. The quantitative estimate of drug-likeness (QED) is 0.209. The van der Waals surface area contributed by atoms with Crippen molar-refractivity contribution in [2.75, 3.05) is 19.3 Å². The van der Waals surface area contributed by atoms with Crippen molar-refractivity contribution in [1.29, 1.82) is 0 Å². The predicted molar refractivity (Wildman–Crippen MR) is 164 cm³/mol. The number of para-hydroxylation sites is 1. The lowest BCUT2D eigenvalue weighted by Gasteiger charge is -2.15. The lowest BCUT2D eigenvalue weighted by molar-refractivity contribution is 0.0115. The number of rotatable bonds is 8. The Hall–Kier alpha value is -4.66. The Balaban J connectivity index is 1.22. The average Bonchev–Trinajstić information content (AvgIpc) is 3.71. The summed E-state index contributed by atoms with van der Waals surface area (Å²) in [7, 11) is -3.45. The normalized spacial score (nSPS) is 15.4. The van der Waals surface area contributed by atoms with Crippen LogP contribution in [0.2, 0.25) is 0 Å². The van der Waals surface area contributed by atoms with Gasteiger partial charge >= 0.3 is 0 Å². The van der Waals surface area contributed by atoms with Gasteiger partial charge in [0.25, 0.3) is 5.92 Å². The molecule has 230 valence electrons. The Bertz CT molecular complexity index is 2180. The van der Waals surface area contributed by atoms with Gasteiger partial charge in [0.2, 0.25) is 10.0 Å². The van der Waals surface area contributed by atoms with Crippen molar-refractivity contribution in [2.45, 2.75) is 25.4 Å². The van der Waals surface area contributed by atoms with Gasteiger partial charge in [0.15, 0.2) is 11.5 Å². The number of benzene rings is 2. The summed E-state index contributed by atoms with van der Waals surface area (Å²) < 4.78 is 67.5. The largest absolute Gasteiger partial charge is 0.337 e. The number of hydrogen-bond acceptors (Lipinski definition) is 7. The molecule has 0 bridgehead atoms. The highest BCUT2D eigenvalue weighted by Gasteiger charge is 2.37. The van der Waals surface area contributed by atoms with Gasteiger partial charge in [-0.3, -0.25) is 15.0 Å². The van der Waals surface area contributed by atoms with Crippen molar-refractivity contribution in [2.24, 2.45) is 0 Å². The maximum Gasteiger partial charge on any atom is 0.261 e. The topological polar surface area (TPSA) is 133 Å². The van der Waals surface area contributed by atoms with Gasteiger partial charge in [-0.15, -0.1) is 0 Å². The van der Waals surface area contributed by atoms with Crippen LogP contribution in [0.4, 0.5) is 13.2 Å². The zero-order valence-corrected chi connectivity index (χ0v) is 24.8. The van der Waals surface area contributed by atoms with Crippen LogP contribution in [0.1, 0.15) is 17.5 Å². The summed E-state index contributed by atoms with van der Waals surface area (Å²) >= 11 is 0. The van der Waals surface area contributed by atoms with Crippen LogP contribution in [0, 0.1) is 5.82 Å². The van der Waals surface area contributed by atoms with E-state index in [0.29, 0.717) is 63.4 Å². The van der Waals surface area contributed by atoms with Crippen molar-refractivity contribution in [3.63, 3.8) is 0 Å². The summed E-state index contributed by atoms with van der Waals surface area (Å²) in [5.74, 6) is -2.69. The maximum atomic E-state index is 14.6. The molecular formula is C31H27F3N8O2S. The standard InChI is InChI=1S/C31H27F3N8O2S/c1-45(43,44)37-13-18-7-20(10-23(32)9-18)24-3-2-4-26-27(24)39-30(38-26)28-25-11-22(15-36-29(25)41-40-28)21-8-19(12-35-14-21)16-42-6-5-31(33,34)17-42/h2-4,7-12,14-15,37H,5-6,13,16-17H2,1H3,(H,38,39)(H,36,40,41). The SMILES string of the molecule is CS(=O)(=O)NCc1cc(F)cc(-c2cccc3[nH]c(-c4n[nH]c5ncc(-c6cncc(CN7CCC(F)(F)C7)c6)cc45)nc23)c1. The molecule has 6 aromatic rings. The van der Waals surface area contributed by atoms with Gasteiger partial charge in [-0.1, -0.05) is 12.1 Å². The summed E-state index contributed by atoms with van der Waals surface area (Å²) in [6.07, 6.45) is 6.00. The molecule has 7 rings (SSSR count). The number of nitrogens with one attached hydrogen (secondary N) is 3. The minimum absolute atomic E-state index is 0.0490. The minimum Gasteiger partial charge on any atom is -0.337 e. The number of sulfonamides is 1. The molecule has 1 aliphatic rings. The molecule has 0 unspecified atom stereocenters. The third kappa shape index (κ3) is 6.16. The third-order valence-electron chi connectivity index (χ3n) is 7.74. The highest BCUT2D eigenvalue weighted by molar-refractivity contribution is 7.88. The number of nitrogens with zero attached hydrogens (tertiary/aromatic N) is 5. The van der Waals surface area contributed by atoms with E-state index >= 15 is 0 Å². The van der Waals surface area contributed by atoms with Crippen LogP contribution >= 0.6 is 0 Å². The minimum atomic E-state index is -3.45. The first-order valence-electron chi connectivity index (χ1n) is 14.1. The number of pyridine rings is 2. The molecular weight excluding hydrogens is 605 g/mol. The highest BCUT2D eigenvalue weighted by Crippen LogP contribution is 2.34. The first kappa shape index (κ1) is 29.1. The van der Waals surface area contributed by atoms with E-state index in [0.717, 1.165) is 22.9 Å². The van der Waals surface area contributed by atoms with Gasteiger partial charge in [-0.25, -0.2) is 36.3 Å². The van der Waals surface area contributed by atoms with Gasteiger partial charge in [0, 0.05) is 61.3 Å². The molecule has 1 saturated heterocycles. The van der Waals surface area contributed by atoms with Crippen LogP contribution in [-0.4, -0.2) is 68.7 Å². The van der Waals surface area contributed by atoms with E-state index in [1.54, 1.807) is 29.6 Å². The van der Waals surface area contributed by atoms with Gasteiger partial charge in [-0.2, -0.15) is 5.10 Å². The Morgan fingerprint density at radius 3 is 2.64 bits per heavy atom. The van der Waals surface area contributed by atoms with E-state index in [9.17, 15) is 21.6 Å². The lowest BCUT2D eigenvalue weighted by atomic mass is 10.0. The summed E-state index contributed by atoms with van der Waals surface area (Å²) in [5, 5.41) is 8.12. The first-order valence-corrected chi connectivity index (χ1v) is 16.0. The number of alkyl halides is 2. The Morgan fingerprint density at radius 1 is 1.02 bits per heavy atom. The number of aromatic amines is 2. The first-order chi connectivity index (χ1) is 21.5. The average molecular weight is 633 g/mol. The van der Waals surface area contributed by atoms with Crippen molar-refractivity contribution in [3.05, 3.63) is 84.1 Å². The molecule has 0 amide bonds. The van der Waals surface area contributed by atoms with Crippen molar-refractivity contribution < 1.29 is 21.6 Å². The van der Waals surface area contributed by atoms with Crippen molar-refractivity contribution >= 4 is 32.1 Å². The molecule has 4 aromatic heterocycles. The molecule has 1 fully saturated rings. The molecule has 0 radical (unpaired) electrons. The lowest BCUT2D eigenvalue weighted by Crippen LogP contribution is -2.24. The third-order valence-corrected chi connectivity index (χ3v) is 8.41. The Labute approximate surface area is 255 Å². The van der Waals surface area contributed by atoms with E-state index in [-0.39, 0.29) is 19.5 Å². The molecule has 0 atom stereocenters. The van der Waals surface area contributed by atoms with Crippen LogP contribution in [0.25, 0.3) is 55.8 Å². The van der Waals surface area contributed by atoms with Gasteiger partial charge < -0.3 is 4.98 Å². The van der Waals surface area contributed by atoms with Crippen molar-refractivity contribution in [1.82, 2.24) is 39.8 Å². The maximum absolute atomic E-state index is 14.6. The summed E-state index contributed by atoms with van der Waals surface area (Å²) in [6.45, 7) is 0.407. The summed E-state index contributed by atoms with van der Waals surface area (Å²) in [4.78, 5) is 18.8. The van der Waals surface area contributed by atoms with Crippen LogP contribution in [0.3, 0.4) is 0 Å². The van der Waals surface area contributed by atoms with Gasteiger partial charge in [0.1, 0.15) is 11.5 Å². The summed E-state index contributed by atoms with van der Waals surface area (Å²) in [6, 6.07) is 13.7. The molecule has 1 aliphatic heterocycles. The molecule has 45 heavy (non-hydrogen) atoms. The van der Waals surface area contributed by atoms with Crippen LogP contribution in [0.15, 0.2) is 67.1 Å². The zero-order valence-electron chi connectivity index (χ0n) is 24.0. The van der Waals surface area contributed by atoms with E-state index in [1.807, 2.05) is 30.3 Å². The van der Waals surface area contributed by atoms with Crippen LogP contribution in [-0.2, 0) is 23.1 Å². The highest BCUT2D eigenvalue weighted by atomic mass is 32.2. The van der Waals surface area contributed by atoms with E-state index in [2.05, 4.69) is 29.9 Å². The number of aromatic nitrogens is 6. The smallest absolute Gasteiger partial charge is 0.261 e. The fraction of sp³-hybridized carbons (Fsp3) is 0.226. The molecule has 5 heterocycles. The number of fused-ring (bicyclic) bond motifs is 2. The molecule has 0 saturated carbocycles. The molecule has 10 nitrogen and oxygen atoms in total. The fourth-order valence-corrected chi connectivity index (χ4v) is 6.10. The van der Waals surface area contributed by atoms with Gasteiger partial charge in [0.05, 0.1) is 29.2 Å². The Morgan fingerprint density at radius 2 is 1.84 bits per heavy atom. The van der Waals surface area contributed by atoms with Crippen LogP contribution < -0.4 is 4.72 Å². The monoisotopic (exact) mass is 632 g/mol. The predicted octanol–water partition coefficient (Wildman–Crippen LogP) is 5.26.